The van der Waals surface area contributed by atoms with E-state index in [1.807, 2.05) is 56.0 Å². The van der Waals surface area contributed by atoms with Gasteiger partial charge in [-0.3, -0.25) is 19.1 Å². The molecule has 4 aromatic heterocycles. The Kier molecular flexibility index (Phi) is 11.0. The number of carbonyl (C=O) groups is 1. The van der Waals surface area contributed by atoms with Gasteiger partial charge in [-0.15, -0.1) is 0 Å². The minimum atomic E-state index is -0.760. The summed E-state index contributed by atoms with van der Waals surface area (Å²) in [6.45, 7) is 9.80. The summed E-state index contributed by atoms with van der Waals surface area (Å²) in [4.78, 5) is 16.4. The first-order valence-corrected chi connectivity index (χ1v) is 16.2. The molecule has 0 atom stereocenters. The molecule has 0 radical (unpaired) electrons. The van der Waals surface area contributed by atoms with Crippen molar-refractivity contribution in [2.75, 3.05) is 33.9 Å². The van der Waals surface area contributed by atoms with Gasteiger partial charge >= 0.3 is 0 Å². The molecule has 1 aliphatic heterocycles. The summed E-state index contributed by atoms with van der Waals surface area (Å²) >= 11 is 1.27. The second-order valence-corrected chi connectivity index (χ2v) is 11.6. The first kappa shape index (κ1) is 34.5. The van der Waals surface area contributed by atoms with E-state index in [2.05, 4.69) is 28.0 Å². The molecule has 0 saturated carbocycles. The van der Waals surface area contributed by atoms with Crippen molar-refractivity contribution in [1.29, 1.82) is 0 Å². The minimum absolute atomic E-state index is 0.0615. The van der Waals surface area contributed by atoms with Crippen LogP contribution >= 0.6 is 11.5 Å². The highest BCUT2D eigenvalue weighted by molar-refractivity contribution is 7.14. The van der Waals surface area contributed by atoms with Crippen LogP contribution in [-0.4, -0.2) is 74.0 Å². The maximum atomic E-state index is 15.9. The number of fused-ring (bicyclic) bond motifs is 3. The maximum Gasteiger partial charge on any atom is 0.142 e. The van der Waals surface area contributed by atoms with Crippen molar-refractivity contribution in [3.05, 3.63) is 78.8 Å². The van der Waals surface area contributed by atoms with Gasteiger partial charge in [0, 0.05) is 73.7 Å². The molecule has 13 heteroatoms. The molecule has 250 valence electrons. The Labute approximate surface area is 281 Å². The van der Waals surface area contributed by atoms with Gasteiger partial charge in [-0.1, -0.05) is 32.6 Å². The first-order valence-electron chi connectivity index (χ1n) is 15.5. The number of hydrogen-bond donors (Lipinski definition) is 0. The predicted molar refractivity (Wildman–Crippen MR) is 185 cm³/mol. The zero-order valence-corrected chi connectivity index (χ0v) is 28.4. The normalized spacial score (nSPS) is 12.6. The summed E-state index contributed by atoms with van der Waals surface area (Å²) in [5, 5.41) is 11.2. The molecule has 2 aromatic carbocycles. The van der Waals surface area contributed by atoms with E-state index in [4.69, 9.17) is 24.4 Å². The van der Waals surface area contributed by atoms with Crippen LogP contribution in [0.25, 0.3) is 54.8 Å². The van der Waals surface area contributed by atoms with Crippen molar-refractivity contribution in [1.82, 2.24) is 33.8 Å². The smallest absolute Gasteiger partial charge is 0.142 e. The van der Waals surface area contributed by atoms with Crippen molar-refractivity contribution in [2.45, 2.75) is 26.9 Å². The van der Waals surface area contributed by atoms with Crippen LogP contribution in [0, 0.1) is 11.6 Å². The van der Waals surface area contributed by atoms with Crippen molar-refractivity contribution < 1.29 is 23.0 Å². The van der Waals surface area contributed by atoms with Crippen molar-refractivity contribution in [2.24, 2.45) is 7.05 Å². The lowest BCUT2D eigenvalue weighted by molar-refractivity contribution is -0.104. The lowest BCUT2D eigenvalue weighted by Crippen LogP contribution is -2.30. The Morgan fingerprint density at radius 2 is 1.81 bits per heavy atom. The van der Waals surface area contributed by atoms with E-state index < -0.39 is 11.6 Å². The molecule has 0 aliphatic carbocycles. The molecular weight excluding hydrogens is 636 g/mol. The number of hydrogen-bond acceptors (Lipinski definition) is 9. The summed E-state index contributed by atoms with van der Waals surface area (Å²) in [7, 11) is 5.48. The van der Waals surface area contributed by atoms with Gasteiger partial charge in [0.2, 0.25) is 0 Å². The van der Waals surface area contributed by atoms with Crippen LogP contribution in [0.5, 0.6) is 5.75 Å². The van der Waals surface area contributed by atoms with Crippen LogP contribution < -0.4 is 4.74 Å². The van der Waals surface area contributed by atoms with Crippen LogP contribution in [0.15, 0.2) is 61.4 Å². The Morgan fingerprint density at radius 1 is 1.02 bits per heavy atom. The van der Waals surface area contributed by atoms with E-state index in [9.17, 15) is 4.39 Å². The van der Waals surface area contributed by atoms with Gasteiger partial charge < -0.3 is 9.47 Å². The molecule has 0 spiro atoms. The molecule has 0 fully saturated rings. The largest absolute Gasteiger partial charge is 0.490 e. The molecular formula is C35H37F2N7O3S. The number of likely N-dealkylation sites (N-methyl/N-ethyl adjacent to an activating group) is 1. The van der Waals surface area contributed by atoms with Gasteiger partial charge in [-0.2, -0.15) is 14.6 Å². The second-order valence-electron chi connectivity index (χ2n) is 10.8. The number of nitrogens with zero attached hydrogens (tertiary/aromatic N) is 7. The highest BCUT2D eigenvalue weighted by Gasteiger charge is 2.28. The average Bonchev–Trinajstić information content (AvgIpc) is 3.83. The molecule has 5 heterocycles. The first-order chi connectivity index (χ1) is 23.3. The topological polar surface area (TPSA) is 100 Å². The number of pyridine rings is 1. The number of aryl methyl sites for hydroxylation is 1. The van der Waals surface area contributed by atoms with E-state index in [0.717, 1.165) is 52.6 Å². The maximum absolute atomic E-state index is 15.9. The van der Waals surface area contributed by atoms with E-state index >= 15 is 4.39 Å². The number of ether oxygens (including phenoxy) is 2. The predicted octanol–water partition coefficient (Wildman–Crippen LogP) is 6.92. The third kappa shape index (κ3) is 7.03. The highest BCUT2D eigenvalue weighted by Crippen LogP contribution is 2.46. The van der Waals surface area contributed by atoms with Crippen molar-refractivity contribution in [3.63, 3.8) is 0 Å². The fourth-order valence-electron chi connectivity index (χ4n) is 5.51. The number of benzene rings is 2. The fraction of sp³-hybridized carbons (Fsp3) is 0.286. The number of carbonyl (C=O) groups excluding carboxylic acids is 1. The molecule has 0 unspecified atom stereocenters. The molecule has 7 rings (SSSR count). The summed E-state index contributed by atoms with van der Waals surface area (Å²) in [6, 6.07) is 10.0. The van der Waals surface area contributed by atoms with Gasteiger partial charge in [0.05, 0.1) is 40.3 Å². The second kappa shape index (κ2) is 15.4. The Bertz CT molecular complexity index is 2060. The Morgan fingerprint density at radius 3 is 2.56 bits per heavy atom. The summed E-state index contributed by atoms with van der Waals surface area (Å²) in [5.74, 6) is -1.44. The number of rotatable bonds is 8. The zero-order valence-electron chi connectivity index (χ0n) is 27.5. The van der Waals surface area contributed by atoms with Crippen LogP contribution in [0.2, 0.25) is 0 Å². The average molecular weight is 674 g/mol. The third-order valence-corrected chi connectivity index (χ3v) is 8.36. The number of methoxy groups -OCH3 is 1. The zero-order chi connectivity index (χ0) is 34.4. The molecule has 0 N–H and O–H groups in total. The van der Waals surface area contributed by atoms with Crippen LogP contribution in [0.3, 0.4) is 0 Å². The number of aldehydes is 1. The monoisotopic (exact) mass is 673 g/mol. The van der Waals surface area contributed by atoms with Gasteiger partial charge in [0.1, 0.15) is 41.7 Å². The Hall–Kier alpha value is -4.85. The number of halogens is 2. The van der Waals surface area contributed by atoms with Crippen molar-refractivity contribution in [3.8, 4) is 39.5 Å². The molecule has 0 bridgehead atoms. The lowest BCUT2D eigenvalue weighted by atomic mass is 9.95. The molecule has 10 nitrogen and oxygen atoms in total. The number of allylic oxidation sites excluding steroid dienone is 1. The van der Waals surface area contributed by atoms with E-state index in [1.54, 1.807) is 10.9 Å². The Balaban J connectivity index is 0.000000701. The van der Waals surface area contributed by atoms with Crippen LogP contribution in [0.1, 0.15) is 19.5 Å². The van der Waals surface area contributed by atoms with Crippen LogP contribution in [0.4, 0.5) is 8.78 Å². The molecule has 48 heavy (non-hydrogen) atoms. The van der Waals surface area contributed by atoms with Crippen LogP contribution in [-0.2, 0) is 29.7 Å². The van der Waals surface area contributed by atoms with Crippen molar-refractivity contribution >= 4 is 38.8 Å². The van der Waals surface area contributed by atoms with Gasteiger partial charge in [-0.05, 0) is 36.8 Å². The highest BCUT2D eigenvalue weighted by atomic mass is 32.1. The lowest BCUT2D eigenvalue weighted by Gasteiger charge is -2.22. The minimum Gasteiger partial charge on any atom is -0.490 e. The fourth-order valence-corrected chi connectivity index (χ4v) is 6.28. The molecule has 0 amide bonds. The molecule has 0 saturated heterocycles. The summed E-state index contributed by atoms with van der Waals surface area (Å²) < 4.78 is 50.4. The quantitative estimate of drug-likeness (QED) is 0.0976. The third-order valence-electron chi connectivity index (χ3n) is 7.55. The summed E-state index contributed by atoms with van der Waals surface area (Å²) in [6.07, 6.45) is 5.49. The SMILES string of the molecule is C=CC=O.CC.COCCOc1cc(F)cc(F)c1-c1c(-c2cc3n(n2)CCN(C)C3)nc(-c2ccc3cn(C)nc3c2)c2sncc12. The summed E-state index contributed by atoms with van der Waals surface area (Å²) in [5.41, 5.74) is 5.02. The standard InChI is InChI=1S/C30H27F2N7O2S.C3H4O.C2H6/c1-37-6-7-39-20(16-37)13-24(36-39)29-26(27-22(32)11-19(31)12-25(27)41-9-8-40-3)21-14-33-42-30(21)28(34-29)17-4-5-18-15-38(2)35-23(18)10-17;1-2-3-4;1-2/h4-5,10-15H,6-9,16H2,1-3H3;2-3H,1H2;1-2H3. The van der Waals surface area contributed by atoms with E-state index in [0.29, 0.717) is 34.3 Å². The van der Waals surface area contributed by atoms with E-state index in [-0.39, 0.29) is 24.5 Å². The molecule has 1 aliphatic rings. The van der Waals surface area contributed by atoms with Gasteiger partial charge in [-0.25, -0.2) is 13.8 Å². The number of aromatic nitrogens is 6. The van der Waals surface area contributed by atoms with E-state index in [1.165, 1.54) is 30.8 Å². The van der Waals surface area contributed by atoms with Gasteiger partial charge in [0.25, 0.3) is 0 Å². The molecule has 6 aromatic rings. The van der Waals surface area contributed by atoms with Gasteiger partial charge in [0.15, 0.2) is 0 Å².